The Labute approximate surface area is 110 Å². The lowest BCUT2D eigenvalue weighted by molar-refractivity contribution is -0.111. The Hall–Kier alpha value is -0.800. The lowest BCUT2D eigenvalue weighted by Gasteiger charge is -2.01. The van der Waals surface area contributed by atoms with E-state index in [-0.39, 0.29) is 5.12 Å². The Kier molecular flexibility index (Phi) is 16.6. The second kappa shape index (κ2) is 15.2. The molecule has 0 saturated carbocycles. The van der Waals surface area contributed by atoms with Gasteiger partial charge in [-0.1, -0.05) is 50.9 Å². The van der Waals surface area contributed by atoms with Crippen molar-refractivity contribution in [3.8, 4) is 0 Å². The van der Waals surface area contributed by atoms with Gasteiger partial charge in [-0.15, -0.1) is 0 Å². The van der Waals surface area contributed by atoms with Crippen LogP contribution in [0.4, 0.5) is 0 Å². The summed E-state index contributed by atoms with van der Waals surface area (Å²) in [6.45, 7) is 14.5. The Morgan fingerprint density at radius 2 is 2.00 bits per heavy atom. The van der Waals surface area contributed by atoms with Crippen LogP contribution in [0.1, 0.15) is 33.6 Å². The van der Waals surface area contributed by atoms with Crippen molar-refractivity contribution in [3.63, 3.8) is 0 Å². The van der Waals surface area contributed by atoms with Crippen LogP contribution in [0.2, 0.25) is 0 Å². The molecule has 0 amide bonds. The van der Waals surface area contributed by atoms with Crippen molar-refractivity contribution in [3.05, 3.63) is 36.3 Å². The smallest absolute Gasteiger partial charge is 0.193 e. The van der Waals surface area contributed by atoms with E-state index < -0.39 is 0 Å². The second-order valence-corrected chi connectivity index (χ2v) is 3.91. The Morgan fingerprint density at radius 3 is 2.47 bits per heavy atom. The Morgan fingerprint density at radius 1 is 1.35 bits per heavy atom. The molecule has 0 spiro atoms. The predicted octanol–water partition coefficient (Wildman–Crippen LogP) is 4.35. The summed E-state index contributed by atoms with van der Waals surface area (Å²) in [5, 5.41) is 0.141. The summed E-state index contributed by atoms with van der Waals surface area (Å²) in [4.78, 5) is 12.3. The molecule has 2 nitrogen and oxygen atoms in total. The van der Waals surface area contributed by atoms with Crippen LogP contribution in [0.5, 0.6) is 0 Å². The van der Waals surface area contributed by atoms with Crippen molar-refractivity contribution in [2.75, 3.05) is 13.2 Å². The number of thioether (sulfide) groups is 1. The van der Waals surface area contributed by atoms with Crippen LogP contribution in [-0.4, -0.2) is 18.3 Å². The van der Waals surface area contributed by atoms with Crippen LogP contribution in [0, 0.1) is 0 Å². The van der Waals surface area contributed by atoms with E-state index in [0.717, 1.165) is 11.3 Å². The maximum absolute atomic E-state index is 11.4. The van der Waals surface area contributed by atoms with E-state index in [9.17, 15) is 4.79 Å². The zero-order valence-corrected chi connectivity index (χ0v) is 12.0. The van der Waals surface area contributed by atoms with Gasteiger partial charge in [0.25, 0.3) is 0 Å². The third-order valence-corrected chi connectivity index (χ3v) is 2.56. The number of allylic oxidation sites excluding steroid dienone is 3. The second-order valence-electron chi connectivity index (χ2n) is 2.78. The monoisotopic (exact) mass is 256 g/mol. The molecular weight excluding hydrogens is 232 g/mol. The van der Waals surface area contributed by atoms with Crippen LogP contribution >= 0.6 is 11.8 Å². The molecule has 0 aliphatic heterocycles. The van der Waals surface area contributed by atoms with Gasteiger partial charge in [-0.25, -0.2) is 0 Å². The summed E-state index contributed by atoms with van der Waals surface area (Å²) in [5.41, 5.74) is 0. The molecule has 0 N–H and O–H groups in total. The molecule has 0 aromatic rings. The van der Waals surface area contributed by atoms with E-state index in [1.54, 1.807) is 18.2 Å². The maximum Gasteiger partial charge on any atom is 0.193 e. The Bertz CT molecular complexity index is 245. The fourth-order valence-corrected chi connectivity index (χ4v) is 1.66. The van der Waals surface area contributed by atoms with Gasteiger partial charge in [0.1, 0.15) is 0 Å². The summed E-state index contributed by atoms with van der Waals surface area (Å²) in [6.07, 6.45) is 6.40. The number of rotatable bonds is 8. The van der Waals surface area contributed by atoms with Gasteiger partial charge in [-0.3, -0.25) is 4.79 Å². The lowest BCUT2D eigenvalue weighted by Crippen LogP contribution is -1.98. The van der Waals surface area contributed by atoms with Crippen molar-refractivity contribution in [2.24, 2.45) is 0 Å². The minimum atomic E-state index is 0.141. The number of hydrogen-bond acceptors (Lipinski definition) is 3. The van der Waals surface area contributed by atoms with Gasteiger partial charge >= 0.3 is 0 Å². The first-order valence-electron chi connectivity index (χ1n) is 5.98. The van der Waals surface area contributed by atoms with Crippen molar-refractivity contribution in [1.82, 2.24) is 0 Å². The molecule has 0 aromatic heterocycles. The third kappa shape index (κ3) is 13.1. The number of carbonyl (C=O) groups excluding carboxylic acids is 1. The van der Waals surface area contributed by atoms with Crippen LogP contribution in [0.3, 0.4) is 0 Å². The lowest BCUT2D eigenvalue weighted by atomic mass is 10.3. The number of ether oxygens (including phenoxy) is 1. The van der Waals surface area contributed by atoms with Crippen LogP contribution in [-0.2, 0) is 9.53 Å². The highest BCUT2D eigenvalue weighted by Gasteiger charge is 2.04. The molecule has 0 aromatic carbocycles. The maximum atomic E-state index is 11.4. The van der Waals surface area contributed by atoms with Crippen LogP contribution < -0.4 is 0 Å². The molecule has 0 fully saturated rings. The molecule has 0 rings (SSSR count). The van der Waals surface area contributed by atoms with E-state index >= 15 is 0 Å². The van der Waals surface area contributed by atoms with Gasteiger partial charge in [-0.2, -0.15) is 0 Å². The zero-order chi connectivity index (χ0) is 13.5. The Balaban J connectivity index is 0. The molecule has 0 bridgehead atoms. The fraction of sp³-hybridized carbons (Fsp3) is 0.500. The first-order chi connectivity index (χ1) is 8.24. The highest BCUT2D eigenvalue weighted by atomic mass is 32.2. The standard InChI is InChI=1S/C12H18O2S.C2H6/c1-4-8-11(5-2)15-12(13)9-7-10-14-6-3;1-2/h4-5,8H,1-2,6-7,9-10H2,3H3;1-2H3/b11-8+;. The van der Waals surface area contributed by atoms with Gasteiger partial charge in [-0.05, 0) is 19.4 Å². The minimum Gasteiger partial charge on any atom is -0.382 e. The van der Waals surface area contributed by atoms with Gasteiger partial charge < -0.3 is 4.74 Å². The summed E-state index contributed by atoms with van der Waals surface area (Å²) in [6, 6.07) is 0. The average Bonchev–Trinajstić information content (AvgIpc) is 2.36. The van der Waals surface area contributed by atoms with Crippen LogP contribution in [0.15, 0.2) is 36.3 Å². The summed E-state index contributed by atoms with van der Waals surface area (Å²) in [5.74, 6) is 0. The van der Waals surface area contributed by atoms with Crippen LogP contribution in [0.25, 0.3) is 0 Å². The molecule has 0 aliphatic rings. The van der Waals surface area contributed by atoms with Crippen molar-refractivity contribution in [1.29, 1.82) is 0 Å². The highest BCUT2D eigenvalue weighted by molar-refractivity contribution is 8.17. The highest BCUT2D eigenvalue weighted by Crippen LogP contribution is 2.19. The van der Waals surface area contributed by atoms with Gasteiger partial charge in [0, 0.05) is 24.5 Å². The molecule has 0 saturated heterocycles. The van der Waals surface area contributed by atoms with Gasteiger partial charge in [0.05, 0.1) is 0 Å². The normalized spacial score (nSPS) is 10.2. The molecule has 3 heteroatoms. The first-order valence-corrected chi connectivity index (χ1v) is 6.79. The van der Waals surface area contributed by atoms with Gasteiger partial charge in [0.2, 0.25) is 0 Å². The quantitative estimate of drug-likeness (QED) is 0.477. The summed E-state index contributed by atoms with van der Waals surface area (Å²) < 4.78 is 5.15. The van der Waals surface area contributed by atoms with E-state index in [4.69, 9.17) is 4.74 Å². The predicted molar refractivity (Wildman–Crippen MR) is 78.2 cm³/mol. The van der Waals surface area contributed by atoms with E-state index in [1.165, 1.54) is 11.8 Å². The minimum absolute atomic E-state index is 0.141. The largest absolute Gasteiger partial charge is 0.382 e. The SMILES string of the molecule is C=C/C=C(\C=C)SC(=O)CCCOCC.CC. The molecule has 0 radical (unpaired) electrons. The topological polar surface area (TPSA) is 26.3 Å². The van der Waals surface area contributed by atoms with E-state index in [2.05, 4.69) is 13.2 Å². The molecule has 0 atom stereocenters. The van der Waals surface area contributed by atoms with Crippen molar-refractivity contribution in [2.45, 2.75) is 33.6 Å². The fourth-order valence-electron chi connectivity index (χ4n) is 0.905. The van der Waals surface area contributed by atoms with E-state index in [1.807, 2.05) is 20.8 Å². The molecule has 0 aliphatic carbocycles. The average molecular weight is 256 g/mol. The van der Waals surface area contributed by atoms with Gasteiger partial charge in [0.15, 0.2) is 5.12 Å². The van der Waals surface area contributed by atoms with Crippen molar-refractivity contribution < 1.29 is 9.53 Å². The zero-order valence-electron chi connectivity index (χ0n) is 11.2. The molecule has 0 unspecified atom stereocenters. The number of carbonyl (C=O) groups is 1. The third-order valence-electron chi connectivity index (χ3n) is 1.59. The van der Waals surface area contributed by atoms with E-state index in [0.29, 0.717) is 19.6 Å². The number of hydrogen-bond donors (Lipinski definition) is 0. The molecule has 17 heavy (non-hydrogen) atoms. The molecule has 0 heterocycles. The summed E-state index contributed by atoms with van der Waals surface area (Å²) in [7, 11) is 0. The molecule has 98 valence electrons. The first kappa shape index (κ1) is 18.6. The van der Waals surface area contributed by atoms with Crippen molar-refractivity contribution >= 4 is 16.9 Å². The molecular formula is C14H24O2S. The summed E-state index contributed by atoms with van der Waals surface area (Å²) >= 11 is 1.20.